The van der Waals surface area contributed by atoms with Crippen LogP contribution in [-0.2, 0) is 9.53 Å². The number of hydrogen-bond acceptors (Lipinski definition) is 5. The Morgan fingerprint density at radius 1 is 1.11 bits per heavy atom. The molecule has 7 unspecified atom stereocenters. The lowest BCUT2D eigenvalue weighted by atomic mass is 9.67. The Morgan fingerprint density at radius 2 is 1.96 bits per heavy atom. The number of carbonyl (C=O) groups excluding carboxylic acids is 1. The number of amides is 1. The van der Waals surface area contributed by atoms with Gasteiger partial charge in [0.05, 0.1) is 18.2 Å². The fourth-order valence-corrected chi connectivity index (χ4v) is 6.21. The van der Waals surface area contributed by atoms with E-state index in [0.717, 1.165) is 57.8 Å². The third-order valence-electron chi connectivity index (χ3n) is 7.51. The molecule has 6 heteroatoms. The second kappa shape index (κ2) is 8.69. The predicted octanol–water partition coefficient (Wildman–Crippen LogP) is 2.21. The monoisotopic (exact) mass is 388 g/mol. The maximum absolute atomic E-state index is 12.7. The average molecular weight is 389 g/mol. The molecular formula is C22H36N4O2. The zero-order chi connectivity index (χ0) is 19.7. The molecule has 3 aliphatic heterocycles. The van der Waals surface area contributed by atoms with Gasteiger partial charge in [-0.3, -0.25) is 15.0 Å². The lowest BCUT2D eigenvalue weighted by Gasteiger charge is -2.50. The molecule has 1 N–H and O–H groups in total. The van der Waals surface area contributed by atoms with Gasteiger partial charge in [0, 0.05) is 38.8 Å². The number of nitriles is 1. The third kappa shape index (κ3) is 4.08. The standard InChI is InChI=1S/C22H36N4O2/c1-15-11-16(2)20-17(12-15)13-18(14-23)21(24-20)25-6-4-7-26(9-8-25)22(27)19-5-3-10-28-19/h15-21,24H,3-13H2,1-2H3. The third-order valence-corrected chi connectivity index (χ3v) is 7.51. The molecule has 6 nitrogen and oxygen atoms in total. The van der Waals surface area contributed by atoms with Crippen LogP contribution in [0.25, 0.3) is 0 Å². The largest absolute Gasteiger partial charge is 0.368 e. The van der Waals surface area contributed by atoms with Crippen LogP contribution in [0.2, 0.25) is 0 Å². The first-order valence-corrected chi connectivity index (χ1v) is 11.4. The summed E-state index contributed by atoms with van der Waals surface area (Å²) in [5.41, 5.74) is 0. The molecule has 1 aliphatic carbocycles. The first-order chi connectivity index (χ1) is 13.6. The molecule has 156 valence electrons. The van der Waals surface area contributed by atoms with Crippen LogP contribution in [0.5, 0.6) is 0 Å². The Labute approximate surface area is 169 Å². The minimum atomic E-state index is -0.225. The van der Waals surface area contributed by atoms with Crippen molar-refractivity contribution in [2.24, 2.45) is 23.7 Å². The van der Waals surface area contributed by atoms with Crippen molar-refractivity contribution in [3.05, 3.63) is 0 Å². The van der Waals surface area contributed by atoms with Crippen LogP contribution in [0.3, 0.4) is 0 Å². The number of rotatable bonds is 2. The van der Waals surface area contributed by atoms with Crippen molar-refractivity contribution in [1.29, 1.82) is 5.26 Å². The summed E-state index contributed by atoms with van der Waals surface area (Å²) in [5, 5.41) is 13.8. The Balaban J connectivity index is 1.40. The van der Waals surface area contributed by atoms with Gasteiger partial charge in [-0.25, -0.2) is 0 Å². The smallest absolute Gasteiger partial charge is 0.251 e. The number of fused-ring (bicyclic) bond motifs is 1. The van der Waals surface area contributed by atoms with Crippen molar-refractivity contribution >= 4 is 5.91 Å². The van der Waals surface area contributed by atoms with Crippen LogP contribution in [0.1, 0.15) is 52.4 Å². The maximum atomic E-state index is 12.7. The molecule has 3 heterocycles. The van der Waals surface area contributed by atoms with Gasteiger partial charge in [-0.05, 0) is 56.3 Å². The van der Waals surface area contributed by atoms with Crippen LogP contribution in [0.15, 0.2) is 0 Å². The molecule has 4 fully saturated rings. The molecule has 0 spiro atoms. The lowest BCUT2D eigenvalue weighted by molar-refractivity contribution is -0.140. The van der Waals surface area contributed by atoms with E-state index in [1.54, 1.807) is 0 Å². The van der Waals surface area contributed by atoms with Crippen LogP contribution >= 0.6 is 0 Å². The minimum absolute atomic E-state index is 0.0409. The van der Waals surface area contributed by atoms with Gasteiger partial charge >= 0.3 is 0 Å². The second-order valence-corrected chi connectivity index (χ2v) is 9.64. The molecule has 7 atom stereocenters. The molecule has 0 radical (unpaired) electrons. The normalized spacial score (nSPS) is 42.5. The van der Waals surface area contributed by atoms with Gasteiger partial charge in [0.1, 0.15) is 6.10 Å². The number of piperidine rings is 1. The SMILES string of the molecule is CC1CC(C)C2NC(N3CCCN(C(=O)C4CCCO4)CC3)C(C#N)CC2C1. The lowest BCUT2D eigenvalue weighted by Crippen LogP contribution is -2.62. The number of carbonyl (C=O) groups is 1. The zero-order valence-electron chi connectivity index (χ0n) is 17.5. The van der Waals surface area contributed by atoms with Crippen molar-refractivity contribution in [1.82, 2.24) is 15.1 Å². The van der Waals surface area contributed by atoms with E-state index < -0.39 is 0 Å². The van der Waals surface area contributed by atoms with Crippen LogP contribution in [0.4, 0.5) is 0 Å². The van der Waals surface area contributed by atoms with Gasteiger partial charge in [0.15, 0.2) is 0 Å². The summed E-state index contributed by atoms with van der Waals surface area (Å²) in [6.07, 6.45) is 6.26. The van der Waals surface area contributed by atoms with E-state index in [0.29, 0.717) is 24.5 Å². The van der Waals surface area contributed by atoms with Gasteiger partial charge in [-0.1, -0.05) is 13.8 Å². The summed E-state index contributed by atoms with van der Waals surface area (Å²) < 4.78 is 5.61. The number of nitrogens with one attached hydrogen (secondary N) is 1. The highest BCUT2D eigenvalue weighted by Gasteiger charge is 2.44. The number of nitrogens with zero attached hydrogens (tertiary/aromatic N) is 3. The first kappa shape index (κ1) is 20.1. The number of hydrogen-bond donors (Lipinski definition) is 1. The Morgan fingerprint density at radius 3 is 2.71 bits per heavy atom. The van der Waals surface area contributed by atoms with Crippen molar-refractivity contribution in [2.75, 3.05) is 32.8 Å². The second-order valence-electron chi connectivity index (χ2n) is 9.64. The molecule has 4 aliphatic rings. The highest BCUT2D eigenvalue weighted by molar-refractivity contribution is 5.81. The zero-order valence-corrected chi connectivity index (χ0v) is 17.5. The maximum Gasteiger partial charge on any atom is 0.251 e. The summed E-state index contributed by atoms with van der Waals surface area (Å²) in [6, 6.07) is 3.13. The number of ether oxygens (including phenoxy) is 1. The minimum Gasteiger partial charge on any atom is -0.368 e. The van der Waals surface area contributed by atoms with Crippen molar-refractivity contribution in [3.63, 3.8) is 0 Å². The highest BCUT2D eigenvalue weighted by Crippen LogP contribution is 2.41. The molecule has 1 saturated carbocycles. The molecule has 0 aromatic heterocycles. The van der Waals surface area contributed by atoms with E-state index in [4.69, 9.17) is 4.74 Å². The van der Waals surface area contributed by atoms with E-state index in [9.17, 15) is 10.1 Å². The molecule has 4 rings (SSSR count). The van der Waals surface area contributed by atoms with E-state index >= 15 is 0 Å². The van der Waals surface area contributed by atoms with Crippen molar-refractivity contribution < 1.29 is 9.53 Å². The van der Waals surface area contributed by atoms with E-state index in [2.05, 4.69) is 30.1 Å². The molecule has 0 aromatic rings. The average Bonchev–Trinajstić information content (AvgIpc) is 3.11. The topological polar surface area (TPSA) is 68.6 Å². The fourth-order valence-electron chi connectivity index (χ4n) is 6.21. The van der Waals surface area contributed by atoms with Gasteiger partial charge in [-0.15, -0.1) is 0 Å². The van der Waals surface area contributed by atoms with Crippen molar-refractivity contribution in [2.45, 2.75) is 70.7 Å². The van der Waals surface area contributed by atoms with Gasteiger partial charge in [-0.2, -0.15) is 5.26 Å². The van der Waals surface area contributed by atoms with Crippen LogP contribution in [0, 0.1) is 35.0 Å². The van der Waals surface area contributed by atoms with Crippen molar-refractivity contribution in [3.8, 4) is 6.07 Å². The highest BCUT2D eigenvalue weighted by atomic mass is 16.5. The molecule has 1 amide bonds. The van der Waals surface area contributed by atoms with Gasteiger partial charge in [0.25, 0.3) is 5.91 Å². The Bertz CT molecular complexity index is 600. The predicted molar refractivity (Wildman–Crippen MR) is 107 cm³/mol. The van der Waals surface area contributed by atoms with E-state index in [1.807, 2.05) is 4.90 Å². The Kier molecular flexibility index (Phi) is 6.24. The molecule has 0 aromatic carbocycles. The molecule has 0 bridgehead atoms. The summed E-state index contributed by atoms with van der Waals surface area (Å²) in [5.74, 6) is 2.27. The Hall–Kier alpha value is -1.16. The van der Waals surface area contributed by atoms with E-state index in [1.165, 1.54) is 12.8 Å². The van der Waals surface area contributed by atoms with Crippen LogP contribution in [-0.4, -0.2) is 66.8 Å². The first-order valence-electron chi connectivity index (χ1n) is 11.4. The van der Waals surface area contributed by atoms with Gasteiger partial charge in [0.2, 0.25) is 0 Å². The summed E-state index contributed by atoms with van der Waals surface area (Å²) in [6.45, 7) is 8.79. The fraction of sp³-hybridized carbons (Fsp3) is 0.909. The van der Waals surface area contributed by atoms with Gasteiger partial charge < -0.3 is 9.64 Å². The molecular weight excluding hydrogens is 352 g/mol. The molecule has 3 saturated heterocycles. The molecule has 28 heavy (non-hydrogen) atoms. The summed E-state index contributed by atoms with van der Waals surface area (Å²) >= 11 is 0. The van der Waals surface area contributed by atoms with Crippen LogP contribution < -0.4 is 5.32 Å². The summed E-state index contributed by atoms with van der Waals surface area (Å²) in [4.78, 5) is 17.2. The summed E-state index contributed by atoms with van der Waals surface area (Å²) in [7, 11) is 0. The quantitative estimate of drug-likeness (QED) is 0.785. The van der Waals surface area contributed by atoms with E-state index in [-0.39, 0.29) is 24.1 Å².